The molecule has 0 unspecified atom stereocenters. The van der Waals surface area contributed by atoms with Gasteiger partial charge in [-0.3, -0.25) is 4.79 Å². The summed E-state index contributed by atoms with van der Waals surface area (Å²) in [6.07, 6.45) is 2.30. The van der Waals surface area contributed by atoms with E-state index in [-0.39, 0.29) is 17.2 Å². The molecule has 0 radical (unpaired) electrons. The Labute approximate surface area is 128 Å². The van der Waals surface area contributed by atoms with Crippen LogP contribution >= 0.6 is 24.2 Å². The smallest absolute Gasteiger partial charge is 0.232 e. The monoisotopic (exact) mass is 308 g/mol. The summed E-state index contributed by atoms with van der Waals surface area (Å²) in [7, 11) is 0. The number of rotatable bonds is 5. The van der Waals surface area contributed by atoms with Gasteiger partial charge in [0, 0.05) is 17.8 Å². The van der Waals surface area contributed by atoms with E-state index in [1.54, 1.807) is 11.8 Å². The molecule has 0 aromatic heterocycles. The number of hydrogen-bond donors (Lipinski definition) is 1. The van der Waals surface area contributed by atoms with Crippen molar-refractivity contribution in [3.8, 4) is 0 Å². The number of nitrogens with one attached hydrogen (secondary N) is 1. The Balaban J connectivity index is 0.00000324. The molecule has 1 aliphatic rings. The van der Waals surface area contributed by atoms with Gasteiger partial charge >= 0.3 is 0 Å². The molecule has 1 heterocycles. The van der Waals surface area contributed by atoms with E-state index in [0.717, 1.165) is 44.9 Å². The number of amides is 1. The standard InChI is InChI=1S/C14H28N2OS.ClH/c1-5-15-10-12-6-8-16(9-7-12)13(17)11-18-14(2,3)4;/h12,15H,5-11H2,1-4H3;1H. The van der Waals surface area contributed by atoms with Crippen molar-refractivity contribution in [2.45, 2.75) is 45.3 Å². The van der Waals surface area contributed by atoms with Gasteiger partial charge in [0.15, 0.2) is 0 Å². The third kappa shape index (κ3) is 8.05. The molecule has 3 nitrogen and oxygen atoms in total. The molecule has 5 heteroatoms. The summed E-state index contributed by atoms with van der Waals surface area (Å²) in [5, 5.41) is 3.40. The number of hydrogen-bond acceptors (Lipinski definition) is 3. The second-order valence-corrected chi connectivity index (χ2v) is 7.83. The largest absolute Gasteiger partial charge is 0.342 e. The summed E-state index contributed by atoms with van der Waals surface area (Å²) >= 11 is 1.75. The highest BCUT2D eigenvalue weighted by molar-refractivity contribution is 8.01. The highest BCUT2D eigenvalue weighted by Crippen LogP contribution is 2.24. The Kier molecular flexibility index (Phi) is 9.12. The highest BCUT2D eigenvalue weighted by atomic mass is 35.5. The fourth-order valence-corrected chi connectivity index (χ4v) is 2.84. The lowest BCUT2D eigenvalue weighted by molar-refractivity contribution is -0.129. The summed E-state index contributed by atoms with van der Waals surface area (Å²) in [5.74, 6) is 1.70. The minimum atomic E-state index is 0. The summed E-state index contributed by atoms with van der Waals surface area (Å²) in [6.45, 7) is 12.7. The number of piperidine rings is 1. The maximum Gasteiger partial charge on any atom is 0.232 e. The zero-order valence-corrected chi connectivity index (χ0v) is 14.3. The molecule has 114 valence electrons. The Morgan fingerprint density at radius 2 is 1.89 bits per heavy atom. The zero-order chi connectivity index (χ0) is 13.6. The molecule has 0 bridgehead atoms. The van der Waals surface area contributed by atoms with Crippen molar-refractivity contribution in [2.24, 2.45) is 5.92 Å². The van der Waals surface area contributed by atoms with Gasteiger partial charge in [-0.1, -0.05) is 27.7 Å². The van der Waals surface area contributed by atoms with Gasteiger partial charge in [-0.15, -0.1) is 24.2 Å². The first-order valence-electron chi connectivity index (χ1n) is 7.05. The van der Waals surface area contributed by atoms with Crippen LogP contribution in [0.15, 0.2) is 0 Å². The maximum absolute atomic E-state index is 12.1. The molecule has 1 amide bonds. The van der Waals surface area contributed by atoms with Crippen LogP contribution in [0.2, 0.25) is 0 Å². The minimum absolute atomic E-state index is 0. The molecule has 0 aliphatic carbocycles. The average molecular weight is 309 g/mol. The van der Waals surface area contributed by atoms with Crippen LogP contribution < -0.4 is 5.32 Å². The van der Waals surface area contributed by atoms with Gasteiger partial charge in [-0.05, 0) is 31.8 Å². The van der Waals surface area contributed by atoms with Gasteiger partial charge in [-0.2, -0.15) is 0 Å². The predicted molar refractivity (Wildman–Crippen MR) is 87.3 cm³/mol. The van der Waals surface area contributed by atoms with E-state index >= 15 is 0 Å². The molecule has 0 aromatic rings. The summed E-state index contributed by atoms with van der Waals surface area (Å²) in [4.78, 5) is 14.1. The van der Waals surface area contributed by atoms with Crippen molar-refractivity contribution >= 4 is 30.1 Å². The predicted octanol–water partition coefficient (Wildman–Crippen LogP) is 2.79. The summed E-state index contributed by atoms with van der Waals surface area (Å²) < 4.78 is 0.180. The van der Waals surface area contributed by atoms with E-state index in [0.29, 0.717) is 11.7 Å². The molecule has 0 atom stereocenters. The van der Waals surface area contributed by atoms with Crippen LogP contribution in [0.25, 0.3) is 0 Å². The van der Waals surface area contributed by atoms with Crippen molar-refractivity contribution in [1.29, 1.82) is 0 Å². The highest BCUT2D eigenvalue weighted by Gasteiger charge is 2.23. The van der Waals surface area contributed by atoms with Crippen molar-refractivity contribution in [1.82, 2.24) is 10.2 Å². The van der Waals surface area contributed by atoms with Gasteiger partial charge in [0.2, 0.25) is 5.91 Å². The van der Waals surface area contributed by atoms with Crippen LogP contribution in [0.1, 0.15) is 40.5 Å². The van der Waals surface area contributed by atoms with Gasteiger partial charge in [0.1, 0.15) is 0 Å². The second kappa shape index (κ2) is 9.09. The lowest BCUT2D eigenvalue weighted by atomic mass is 9.97. The average Bonchev–Trinajstić information content (AvgIpc) is 2.33. The van der Waals surface area contributed by atoms with Crippen molar-refractivity contribution in [3.05, 3.63) is 0 Å². The zero-order valence-electron chi connectivity index (χ0n) is 12.7. The number of halogens is 1. The van der Waals surface area contributed by atoms with Crippen molar-refractivity contribution in [2.75, 3.05) is 31.9 Å². The van der Waals surface area contributed by atoms with Crippen LogP contribution in [0.3, 0.4) is 0 Å². The Hall–Kier alpha value is 0.0700. The van der Waals surface area contributed by atoms with Gasteiger partial charge in [0.05, 0.1) is 5.75 Å². The van der Waals surface area contributed by atoms with Gasteiger partial charge < -0.3 is 10.2 Å². The van der Waals surface area contributed by atoms with Crippen molar-refractivity contribution in [3.63, 3.8) is 0 Å². The fraction of sp³-hybridized carbons (Fsp3) is 0.929. The Morgan fingerprint density at radius 3 is 2.37 bits per heavy atom. The molecule has 19 heavy (non-hydrogen) atoms. The molecule has 1 rings (SSSR count). The Bertz CT molecular complexity index is 261. The first-order valence-corrected chi connectivity index (χ1v) is 8.03. The lowest BCUT2D eigenvalue weighted by Gasteiger charge is -2.32. The van der Waals surface area contributed by atoms with Crippen LogP contribution in [0, 0.1) is 5.92 Å². The molecule has 0 aromatic carbocycles. The van der Waals surface area contributed by atoms with E-state index in [2.05, 4.69) is 33.0 Å². The first kappa shape index (κ1) is 19.1. The van der Waals surface area contributed by atoms with Crippen molar-refractivity contribution < 1.29 is 4.79 Å². The first-order chi connectivity index (χ1) is 8.42. The van der Waals surface area contributed by atoms with E-state index in [1.807, 2.05) is 4.90 Å². The molecule has 1 saturated heterocycles. The van der Waals surface area contributed by atoms with Crippen LogP contribution in [-0.2, 0) is 4.79 Å². The quantitative estimate of drug-likeness (QED) is 0.847. The van der Waals surface area contributed by atoms with E-state index in [4.69, 9.17) is 0 Å². The topological polar surface area (TPSA) is 32.3 Å². The molecular weight excluding hydrogens is 280 g/mol. The SMILES string of the molecule is CCNCC1CCN(C(=O)CSC(C)(C)C)CC1.Cl. The van der Waals surface area contributed by atoms with Crippen LogP contribution in [-0.4, -0.2) is 47.5 Å². The van der Waals surface area contributed by atoms with E-state index in [9.17, 15) is 4.79 Å². The second-order valence-electron chi connectivity index (χ2n) is 6.03. The summed E-state index contributed by atoms with van der Waals surface area (Å²) in [5.41, 5.74) is 0. The molecule has 0 spiro atoms. The molecule has 0 saturated carbocycles. The molecule has 1 fully saturated rings. The minimum Gasteiger partial charge on any atom is -0.342 e. The molecular formula is C14H29ClN2OS. The third-order valence-electron chi connectivity index (χ3n) is 3.28. The molecule has 1 N–H and O–H groups in total. The number of nitrogens with zero attached hydrogens (tertiary/aromatic N) is 1. The third-order valence-corrected chi connectivity index (χ3v) is 4.54. The van der Waals surface area contributed by atoms with E-state index in [1.165, 1.54) is 0 Å². The lowest BCUT2D eigenvalue weighted by Crippen LogP contribution is -2.41. The fourth-order valence-electron chi connectivity index (χ4n) is 2.10. The number of thioether (sulfide) groups is 1. The van der Waals surface area contributed by atoms with Gasteiger partial charge in [0.25, 0.3) is 0 Å². The van der Waals surface area contributed by atoms with Gasteiger partial charge in [-0.25, -0.2) is 0 Å². The summed E-state index contributed by atoms with van der Waals surface area (Å²) in [6, 6.07) is 0. The maximum atomic E-state index is 12.1. The molecule has 1 aliphatic heterocycles. The van der Waals surface area contributed by atoms with E-state index < -0.39 is 0 Å². The Morgan fingerprint density at radius 1 is 1.32 bits per heavy atom. The van der Waals surface area contributed by atoms with Crippen LogP contribution in [0.5, 0.6) is 0 Å². The number of carbonyl (C=O) groups is 1. The number of likely N-dealkylation sites (tertiary alicyclic amines) is 1. The normalized spacial score (nSPS) is 17.2. The van der Waals surface area contributed by atoms with Crippen LogP contribution in [0.4, 0.5) is 0 Å². The number of carbonyl (C=O) groups excluding carboxylic acids is 1.